The summed E-state index contributed by atoms with van der Waals surface area (Å²) in [5.74, 6) is 2.05. The van der Waals surface area contributed by atoms with Crippen LogP contribution in [-0.2, 0) is 11.2 Å². The summed E-state index contributed by atoms with van der Waals surface area (Å²) in [6, 6.07) is 11.5. The van der Waals surface area contributed by atoms with Crippen molar-refractivity contribution in [1.82, 2.24) is 5.32 Å². The zero-order valence-corrected chi connectivity index (χ0v) is 17.6. The summed E-state index contributed by atoms with van der Waals surface area (Å²) in [7, 11) is 1.59. The summed E-state index contributed by atoms with van der Waals surface area (Å²) in [6.45, 7) is 5.55. The minimum atomic E-state index is -0.0603. The summed E-state index contributed by atoms with van der Waals surface area (Å²) < 4.78 is 16.6. The van der Waals surface area contributed by atoms with Crippen LogP contribution in [0.15, 0.2) is 36.4 Å². The predicted octanol–water partition coefficient (Wildman–Crippen LogP) is 3.82. The van der Waals surface area contributed by atoms with Crippen molar-refractivity contribution in [3.8, 4) is 17.2 Å². The first-order valence-corrected chi connectivity index (χ1v) is 9.98. The van der Waals surface area contributed by atoms with Gasteiger partial charge in [-0.3, -0.25) is 4.79 Å². The van der Waals surface area contributed by atoms with E-state index in [1.807, 2.05) is 36.4 Å². The number of aryl methyl sites for hydroxylation is 2. The van der Waals surface area contributed by atoms with Crippen LogP contribution in [0.3, 0.4) is 0 Å². The summed E-state index contributed by atoms with van der Waals surface area (Å²) in [6.07, 6.45) is 0.277. The van der Waals surface area contributed by atoms with Crippen LogP contribution in [0.25, 0.3) is 0 Å². The monoisotopic (exact) mass is 435 g/mol. The first-order valence-electron chi connectivity index (χ1n) is 8.86. The highest BCUT2D eigenvalue weighted by Gasteiger charge is 2.09. The summed E-state index contributed by atoms with van der Waals surface area (Å²) >= 11 is 3.32. The quantitative estimate of drug-likeness (QED) is 0.455. The first-order chi connectivity index (χ1) is 13.0. The Hall–Kier alpha value is -2.21. The smallest absolute Gasteiger partial charge is 0.224 e. The van der Waals surface area contributed by atoms with Crippen molar-refractivity contribution in [3.05, 3.63) is 53.1 Å². The van der Waals surface area contributed by atoms with Gasteiger partial charge in [-0.05, 0) is 54.8 Å². The normalized spacial score (nSPS) is 10.4. The molecule has 6 heteroatoms. The molecular weight excluding hydrogens is 410 g/mol. The van der Waals surface area contributed by atoms with Crippen molar-refractivity contribution in [3.63, 3.8) is 0 Å². The van der Waals surface area contributed by atoms with Crippen LogP contribution in [0.5, 0.6) is 17.2 Å². The van der Waals surface area contributed by atoms with E-state index in [4.69, 9.17) is 14.2 Å². The number of hydrogen-bond acceptors (Lipinski definition) is 4. The van der Waals surface area contributed by atoms with E-state index in [9.17, 15) is 4.79 Å². The summed E-state index contributed by atoms with van der Waals surface area (Å²) in [5, 5.41) is 3.61. The van der Waals surface area contributed by atoms with Crippen molar-refractivity contribution in [1.29, 1.82) is 0 Å². The Kier molecular flexibility index (Phi) is 8.45. The van der Waals surface area contributed by atoms with Crippen LogP contribution in [-0.4, -0.2) is 38.1 Å². The van der Waals surface area contributed by atoms with Gasteiger partial charge in [0, 0.05) is 5.33 Å². The Morgan fingerprint density at radius 3 is 2.52 bits per heavy atom. The fraction of sp³-hybridized carbons (Fsp3) is 0.381. The molecule has 1 amide bonds. The van der Waals surface area contributed by atoms with Crippen molar-refractivity contribution in [2.75, 3.05) is 32.2 Å². The molecule has 0 saturated carbocycles. The molecule has 2 aromatic carbocycles. The van der Waals surface area contributed by atoms with Gasteiger partial charge >= 0.3 is 0 Å². The minimum absolute atomic E-state index is 0.0603. The number of rotatable bonds is 10. The highest BCUT2D eigenvalue weighted by Crippen LogP contribution is 2.28. The SMILES string of the molecule is COc1cc(CC(=O)NCCOc2ccc(C)c(C)c2)ccc1OCCBr. The van der Waals surface area contributed by atoms with E-state index < -0.39 is 0 Å². The molecule has 0 atom stereocenters. The number of amides is 1. The topological polar surface area (TPSA) is 56.8 Å². The number of carbonyl (C=O) groups is 1. The average molecular weight is 436 g/mol. The van der Waals surface area contributed by atoms with Crippen molar-refractivity contribution < 1.29 is 19.0 Å². The van der Waals surface area contributed by atoms with Crippen molar-refractivity contribution >= 4 is 21.8 Å². The Labute approximate surface area is 169 Å². The molecule has 0 unspecified atom stereocenters. The third kappa shape index (κ3) is 6.79. The van der Waals surface area contributed by atoms with E-state index in [-0.39, 0.29) is 12.3 Å². The fourth-order valence-corrected chi connectivity index (χ4v) is 2.66. The van der Waals surface area contributed by atoms with Crippen molar-refractivity contribution in [2.24, 2.45) is 0 Å². The Balaban J connectivity index is 1.78. The van der Waals surface area contributed by atoms with Gasteiger partial charge < -0.3 is 19.5 Å². The van der Waals surface area contributed by atoms with Gasteiger partial charge in [-0.15, -0.1) is 0 Å². The maximum atomic E-state index is 12.1. The number of ether oxygens (including phenoxy) is 3. The third-order valence-corrected chi connectivity index (χ3v) is 4.42. The lowest BCUT2D eigenvalue weighted by atomic mass is 10.1. The van der Waals surface area contributed by atoms with Gasteiger partial charge in [0.15, 0.2) is 11.5 Å². The maximum Gasteiger partial charge on any atom is 0.224 e. The molecule has 0 spiro atoms. The molecular formula is C21H26BrNO4. The second-order valence-electron chi connectivity index (χ2n) is 6.14. The lowest BCUT2D eigenvalue weighted by Crippen LogP contribution is -2.29. The van der Waals surface area contributed by atoms with Gasteiger partial charge in [-0.2, -0.15) is 0 Å². The Morgan fingerprint density at radius 2 is 1.81 bits per heavy atom. The number of benzene rings is 2. The lowest BCUT2D eigenvalue weighted by Gasteiger charge is -2.12. The Bertz CT molecular complexity index is 764. The molecule has 1 N–H and O–H groups in total. The molecule has 27 heavy (non-hydrogen) atoms. The Morgan fingerprint density at radius 1 is 1.00 bits per heavy atom. The standard InChI is InChI=1S/C21H26BrNO4/c1-15-4-6-18(12-16(15)2)26-11-9-23-21(24)14-17-5-7-19(27-10-8-22)20(13-17)25-3/h4-7,12-13H,8-11,14H2,1-3H3,(H,23,24). The van der Waals surface area contributed by atoms with Crippen LogP contribution in [0, 0.1) is 13.8 Å². The van der Waals surface area contributed by atoms with Gasteiger partial charge in [0.05, 0.1) is 26.7 Å². The molecule has 146 valence electrons. The molecule has 2 aromatic rings. The van der Waals surface area contributed by atoms with Gasteiger partial charge in [0.1, 0.15) is 12.4 Å². The summed E-state index contributed by atoms with van der Waals surface area (Å²) in [4.78, 5) is 12.1. The molecule has 0 aliphatic heterocycles. The molecule has 0 heterocycles. The fourth-order valence-electron chi connectivity index (χ4n) is 2.50. The second-order valence-corrected chi connectivity index (χ2v) is 6.94. The van der Waals surface area contributed by atoms with Gasteiger partial charge in [-0.1, -0.05) is 28.1 Å². The molecule has 0 aliphatic rings. The van der Waals surface area contributed by atoms with Crippen LogP contribution in [0.2, 0.25) is 0 Å². The molecule has 5 nitrogen and oxygen atoms in total. The van der Waals surface area contributed by atoms with E-state index in [1.165, 1.54) is 11.1 Å². The molecule has 0 saturated heterocycles. The van der Waals surface area contributed by atoms with E-state index in [0.717, 1.165) is 16.6 Å². The zero-order valence-electron chi connectivity index (χ0n) is 16.0. The van der Waals surface area contributed by atoms with Gasteiger partial charge in [0.25, 0.3) is 0 Å². The first kappa shape index (κ1) is 21.1. The van der Waals surface area contributed by atoms with Crippen LogP contribution in [0.4, 0.5) is 0 Å². The zero-order chi connectivity index (χ0) is 19.6. The van der Waals surface area contributed by atoms with E-state index >= 15 is 0 Å². The molecule has 0 bridgehead atoms. The highest BCUT2D eigenvalue weighted by molar-refractivity contribution is 9.09. The predicted molar refractivity (Wildman–Crippen MR) is 110 cm³/mol. The number of halogens is 1. The second kappa shape index (κ2) is 10.8. The molecule has 0 aromatic heterocycles. The number of nitrogens with one attached hydrogen (secondary N) is 1. The minimum Gasteiger partial charge on any atom is -0.493 e. The van der Waals surface area contributed by atoms with Crippen LogP contribution < -0.4 is 19.5 Å². The number of hydrogen-bond donors (Lipinski definition) is 1. The largest absolute Gasteiger partial charge is 0.493 e. The van der Waals surface area contributed by atoms with E-state index in [0.29, 0.717) is 31.3 Å². The van der Waals surface area contributed by atoms with Crippen LogP contribution >= 0.6 is 15.9 Å². The average Bonchev–Trinajstić information content (AvgIpc) is 2.66. The molecule has 0 radical (unpaired) electrons. The maximum absolute atomic E-state index is 12.1. The van der Waals surface area contributed by atoms with Crippen molar-refractivity contribution in [2.45, 2.75) is 20.3 Å². The highest BCUT2D eigenvalue weighted by atomic mass is 79.9. The summed E-state index contributed by atoms with van der Waals surface area (Å²) in [5.41, 5.74) is 3.29. The lowest BCUT2D eigenvalue weighted by molar-refractivity contribution is -0.120. The molecule has 0 fully saturated rings. The molecule has 0 aliphatic carbocycles. The van der Waals surface area contributed by atoms with E-state index in [1.54, 1.807) is 7.11 Å². The number of carbonyl (C=O) groups excluding carboxylic acids is 1. The number of alkyl halides is 1. The number of methoxy groups -OCH3 is 1. The third-order valence-electron chi connectivity index (χ3n) is 4.10. The molecule has 2 rings (SSSR count). The van der Waals surface area contributed by atoms with Gasteiger partial charge in [-0.25, -0.2) is 0 Å². The van der Waals surface area contributed by atoms with Gasteiger partial charge in [0.2, 0.25) is 5.91 Å². The van der Waals surface area contributed by atoms with E-state index in [2.05, 4.69) is 35.1 Å². The van der Waals surface area contributed by atoms with Crippen LogP contribution in [0.1, 0.15) is 16.7 Å².